The number of nitrogens with zero attached hydrogens (tertiary/aromatic N) is 3. The summed E-state index contributed by atoms with van der Waals surface area (Å²) in [6.45, 7) is -0.168. The van der Waals surface area contributed by atoms with E-state index in [9.17, 15) is 13.2 Å². The zero-order valence-electron chi connectivity index (χ0n) is 13.9. The third kappa shape index (κ3) is 2.54. The van der Waals surface area contributed by atoms with Crippen molar-refractivity contribution in [3.8, 4) is 0 Å². The van der Waals surface area contributed by atoms with Gasteiger partial charge in [-0.15, -0.1) is 0 Å². The summed E-state index contributed by atoms with van der Waals surface area (Å²) in [5, 5.41) is 0. The number of hydrogen-bond donors (Lipinski definition) is 0. The molecule has 1 aromatic heterocycles. The van der Waals surface area contributed by atoms with Gasteiger partial charge >= 0.3 is 0 Å². The van der Waals surface area contributed by atoms with Gasteiger partial charge in [0.25, 0.3) is 0 Å². The molecule has 2 bridgehead atoms. The molecule has 2 aliphatic heterocycles. The second-order valence-electron chi connectivity index (χ2n) is 6.49. The lowest BCUT2D eigenvalue weighted by atomic mass is 9.92. The molecule has 0 saturated carbocycles. The van der Waals surface area contributed by atoms with Crippen LogP contribution in [-0.4, -0.2) is 42.1 Å². The maximum atomic E-state index is 12.9. The molecule has 0 N–H and O–H groups in total. The van der Waals surface area contributed by atoms with Crippen LogP contribution in [0.4, 0.5) is 0 Å². The van der Waals surface area contributed by atoms with E-state index in [1.807, 2.05) is 17.0 Å². The van der Waals surface area contributed by atoms with Crippen molar-refractivity contribution >= 4 is 15.9 Å². The van der Waals surface area contributed by atoms with Gasteiger partial charge in [0.05, 0.1) is 18.6 Å². The maximum absolute atomic E-state index is 12.9. The van der Waals surface area contributed by atoms with Crippen LogP contribution >= 0.6 is 0 Å². The van der Waals surface area contributed by atoms with Gasteiger partial charge in [-0.2, -0.15) is 4.31 Å². The number of aromatic nitrogens is 1. The number of carbonyl (C=O) groups is 1. The molecule has 1 fully saturated rings. The summed E-state index contributed by atoms with van der Waals surface area (Å²) in [4.78, 5) is 18.7. The normalized spacial score (nSPS) is 21.6. The smallest absolute Gasteiger partial charge is 0.244 e. The molecule has 1 amide bonds. The molecule has 0 radical (unpaired) electrons. The molecule has 0 aliphatic carbocycles. The lowest BCUT2D eigenvalue weighted by molar-refractivity contribution is -0.133. The predicted octanol–water partition coefficient (Wildman–Crippen LogP) is 2.12. The van der Waals surface area contributed by atoms with Crippen molar-refractivity contribution in [1.29, 1.82) is 0 Å². The fraction of sp³-hybridized carbons (Fsp3) is 0.333. The van der Waals surface area contributed by atoms with E-state index in [0.29, 0.717) is 0 Å². The molecular weight excluding hydrogens is 338 g/mol. The first kappa shape index (κ1) is 16.2. The fourth-order valence-electron chi connectivity index (χ4n) is 3.92. The molecule has 130 valence electrons. The molecule has 2 atom stereocenters. The first-order valence-corrected chi connectivity index (χ1v) is 9.70. The molecule has 2 aromatic rings. The largest absolute Gasteiger partial charge is 0.327 e. The molecule has 1 saturated heterocycles. The van der Waals surface area contributed by atoms with Crippen LogP contribution in [-0.2, 0) is 14.8 Å². The Bertz CT molecular complexity index is 883. The van der Waals surface area contributed by atoms with Gasteiger partial charge < -0.3 is 4.90 Å². The van der Waals surface area contributed by atoms with Crippen LogP contribution in [0.25, 0.3) is 0 Å². The van der Waals surface area contributed by atoms with Crippen LogP contribution < -0.4 is 0 Å². The van der Waals surface area contributed by atoms with Crippen molar-refractivity contribution in [2.75, 3.05) is 13.6 Å². The number of sulfonamides is 1. The fourth-order valence-corrected chi connectivity index (χ4v) is 5.01. The highest BCUT2D eigenvalue weighted by molar-refractivity contribution is 7.89. The SMILES string of the molecule is CN(CC(=O)N1C2CCC1c1ccccc12)S(=O)(=O)c1cccnc1. The first-order valence-electron chi connectivity index (χ1n) is 8.26. The molecule has 7 heteroatoms. The molecular formula is C18H19N3O3S. The van der Waals surface area contributed by atoms with Crippen molar-refractivity contribution in [2.24, 2.45) is 0 Å². The average molecular weight is 357 g/mol. The van der Waals surface area contributed by atoms with Gasteiger partial charge in [-0.25, -0.2) is 8.42 Å². The number of hydrogen-bond acceptors (Lipinski definition) is 4. The standard InChI is InChI=1S/C18H19N3O3S/c1-20(25(23,24)13-5-4-10-19-11-13)12-18(22)21-16-8-9-17(21)15-7-3-2-6-14(15)16/h2-7,10-11,16-17H,8-9,12H2,1H3. The number of carbonyl (C=O) groups excluding carboxylic acids is 1. The van der Waals surface area contributed by atoms with E-state index in [0.717, 1.165) is 17.1 Å². The molecule has 2 aliphatic rings. The summed E-state index contributed by atoms with van der Waals surface area (Å²) in [7, 11) is -2.29. The minimum atomic E-state index is -3.72. The van der Waals surface area contributed by atoms with Crippen molar-refractivity contribution in [3.63, 3.8) is 0 Å². The minimum absolute atomic E-state index is 0.0724. The van der Waals surface area contributed by atoms with Gasteiger partial charge in [-0.3, -0.25) is 9.78 Å². The highest BCUT2D eigenvalue weighted by atomic mass is 32.2. The number of fused-ring (bicyclic) bond motifs is 5. The Labute approximate surface area is 147 Å². The number of likely N-dealkylation sites (N-methyl/N-ethyl adjacent to an activating group) is 1. The topological polar surface area (TPSA) is 70.6 Å². The summed E-state index contributed by atoms with van der Waals surface area (Å²) < 4.78 is 26.3. The van der Waals surface area contributed by atoms with Gasteiger partial charge in [0.15, 0.2) is 0 Å². The van der Waals surface area contributed by atoms with Crippen LogP contribution in [0.15, 0.2) is 53.7 Å². The van der Waals surface area contributed by atoms with Gasteiger partial charge in [0.2, 0.25) is 15.9 Å². The second-order valence-corrected chi connectivity index (χ2v) is 8.53. The Hall–Kier alpha value is -2.25. The maximum Gasteiger partial charge on any atom is 0.244 e. The van der Waals surface area contributed by atoms with Crippen LogP contribution in [0.3, 0.4) is 0 Å². The number of rotatable bonds is 4. The van der Waals surface area contributed by atoms with Crippen molar-refractivity contribution in [1.82, 2.24) is 14.2 Å². The van der Waals surface area contributed by atoms with E-state index in [2.05, 4.69) is 17.1 Å². The third-order valence-corrected chi connectivity index (χ3v) is 6.87. The van der Waals surface area contributed by atoms with E-state index in [4.69, 9.17) is 0 Å². The Morgan fingerprint density at radius 1 is 1.16 bits per heavy atom. The molecule has 2 unspecified atom stereocenters. The zero-order chi connectivity index (χ0) is 17.6. The van der Waals surface area contributed by atoms with Crippen molar-refractivity contribution in [3.05, 3.63) is 59.9 Å². The minimum Gasteiger partial charge on any atom is -0.327 e. The van der Waals surface area contributed by atoms with Crippen LogP contribution in [0.2, 0.25) is 0 Å². The lowest BCUT2D eigenvalue weighted by Gasteiger charge is -2.25. The van der Waals surface area contributed by atoms with E-state index in [-0.39, 0.29) is 29.4 Å². The van der Waals surface area contributed by atoms with Crippen molar-refractivity contribution < 1.29 is 13.2 Å². The lowest BCUT2D eigenvalue weighted by Crippen LogP contribution is -2.39. The number of pyridine rings is 1. The molecule has 25 heavy (non-hydrogen) atoms. The average Bonchev–Trinajstić information content (AvgIpc) is 3.20. The Balaban J connectivity index is 1.54. The Kier molecular flexibility index (Phi) is 3.85. The van der Waals surface area contributed by atoms with Gasteiger partial charge in [-0.05, 0) is 36.1 Å². The van der Waals surface area contributed by atoms with E-state index < -0.39 is 10.0 Å². The Morgan fingerprint density at radius 2 is 1.80 bits per heavy atom. The summed E-state index contributed by atoms with van der Waals surface area (Å²) >= 11 is 0. The summed E-state index contributed by atoms with van der Waals surface area (Å²) in [6.07, 6.45) is 4.69. The first-order chi connectivity index (χ1) is 12.0. The summed E-state index contributed by atoms with van der Waals surface area (Å²) in [5.41, 5.74) is 2.40. The monoisotopic (exact) mass is 357 g/mol. The van der Waals surface area contributed by atoms with Crippen LogP contribution in [0.1, 0.15) is 36.1 Å². The predicted molar refractivity (Wildman–Crippen MR) is 92.1 cm³/mol. The van der Waals surface area contributed by atoms with E-state index >= 15 is 0 Å². The van der Waals surface area contributed by atoms with E-state index in [1.54, 1.807) is 6.07 Å². The van der Waals surface area contributed by atoms with Gasteiger partial charge in [0, 0.05) is 19.4 Å². The Morgan fingerprint density at radius 3 is 2.36 bits per heavy atom. The van der Waals surface area contributed by atoms with Crippen LogP contribution in [0, 0.1) is 0 Å². The highest BCUT2D eigenvalue weighted by Gasteiger charge is 2.46. The summed E-state index contributed by atoms with van der Waals surface area (Å²) in [6, 6.07) is 11.3. The van der Waals surface area contributed by atoms with Gasteiger partial charge in [-0.1, -0.05) is 24.3 Å². The number of benzene rings is 1. The molecule has 3 heterocycles. The second kappa shape index (κ2) is 5.93. The van der Waals surface area contributed by atoms with Crippen molar-refractivity contribution in [2.45, 2.75) is 29.8 Å². The molecule has 1 aromatic carbocycles. The highest BCUT2D eigenvalue weighted by Crippen LogP contribution is 2.52. The van der Waals surface area contributed by atoms with Gasteiger partial charge in [0.1, 0.15) is 4.90 Å². The third-order valence-electron chi connectivity index (χ3n) is 5.09. The summed E-state index contributed by atoms with van der Waals surface area (Å²) in [5.74, 6) is -0.154. The molecule has 6 nitrogen and oxygen atoms in total. The molecule has 0 spiro atoms. The quantitative estimate of drug-likeness (QED) is 0.840. The molecule has 4 rings (SSSR count). The van der Waals surface area contributed by atoms with E-state index in [1.165, 1.54) is 36.6 Å². The van der Waals surface area contributed by atoms with Crippen LogP contribution in [0.5, 0.6) is 0 Å². The zero-order valence-corrected chi connectivity index (χ0v) is 14.7. The number of amides is 1.